The summed E-state index contributed by atoms with van der Waals surface area (Å²) in [5.41, 5.74) is 1.23. The number of nitrogens with zero attached hydrogens (tertiary/aromatic N) is 2. The highest BCUT2D eigenvalue weighted by molar-refractivity contribution is 5.91. The van der Waals surface area contributed by atoms with Crippen LogP contribution in [-0.4, -0.2) is 27.8 Å². The van der Waals surface area contributed by atoms with Crippen LogP contribution < -0.4 is 10.3 Å². The van der Waals surface area contributed by atoms with Crippen LogP contribution in [0.4, 0.5) is 0 Å². The molecule has 0 saturated carbocycles. The number of carbonyl (C=O) groups excluding carboxylic acids is 1. The number of nitrogens with one attached hydrogen (secondary N) is 1. The van der Waals surface area contributed by atoms with E-state index in [9.17, 15) is 9.59 Å². The van der Waals surface area contributed by atoms with E-state index in [1.54, 1.807) is 31.3 Å². The Hall–Kier alpha value is -4.19. The fourth-order valence-electron chi connectivity index (χ4n) is 3.11. The van der Waals surface area contributed by atoms with Gasteiger partial charge in [-0.3, -0.25) is 9.59 Å². The van der Waals surface area contributed by atoms with E-state index in [1.807, 2.05) is 60.7 Å². The van der Waals surface area contributed by atoms with Crippen LogP contribution in [-0.2, 0) is 11.3 Å². The lowest BCUT2D eigenvalue weighted by molar-refractivity contribution is -0.125. The van der Waals surface area contributed by atoms with Gasteiger partial charge in [0.15, 0.2) is 0 Å². The minimum absolute atomic E-state index is 0.195. The summed E-state index contributed by atoms with van der Waals surface area (Å²) in [7, 11) is 1.66. The van der Waals surface area contributed by atoms with Gasteiger partial charge in [0, 0.05) is 13.1 Å². The molecule has 0 radical (unpaired) electrons. The van der Waals surface area contributed by atoms with Gasteiger partial charge in [0.25, 0.3) is 5.56 Å². The molecule has 31 heavy (non-hydrogen) atoms. The summed E-state index contributed by atoms with van der Waals surface area (Å²) in [5, 5.41) is 0.526. The van der Waals surface area contributed by atoms with E-state index in [0.29, 0.717) is 22.5 Å². The topological polar surface area (TPSA) is 75.3 Å². The van der Waals surface area contributed by atoms with Gasteiger partial charge in [0.1, 0.15) is 17.3 Å². The number of aromatic nitrogens is 2. The summed E-state index contributed by atoms with van der Waals surface area (Å²) in [6.45, 7) is 0.195. The predicted molar refractivity (Wildman–Crippen MR) is 121 cm³/mol. The molecule has 4 aromatic rings. The Kier molecular flexibility index (Phi) is 5.89. The normalized spacial score (nSPS) is 11.0. The number of aromatic amines is 1. The van der Waals surface area contributed by atoms with Gasteiger partial charge in [-0.05, 0) is 48.0 Å². The number of likely N-dealkylation sites (N-methyl/N-ethyl adjacent to an activating group) is 1. The van der Waals surface area contributed by atoms with Crippen LogP contribution in [0.2, 0.25) is 0 Å². The molecule has 1 N–H and O–H groups in total. The van der Waals surface area contributed by atoms with Gasteiger partial charge in [-0.1, -0.05) is 42.5 Å². The van der Waals surface area contributed by atoms with Gasteiger partial charge in [0.05, 0.1) is 17.4 Å². The van der Waals surface area contributed by atoms with Gasteiger partial charge in [-0.15, -0.1) is 0 Å². The van der Waals surface area contributed by atoms with Crippen molar-refractivity contribution in [1.29, 1.82) is 0 Å². The molecule has 0 atom stereocenters. The molecule has 3 aromatic carbocycles. The van der Waals surface area contributed by atoms with Crippen LogP contribution in [0.1, 0.15) is 11.4 Å². The molecular formula is C25H21N3O3. The molecule has 6 nitrogen and oxygen atoms in total. The Bertz CT molecular complexity index is 1300. The monoisotopic (exact) mass is 411 g/mol. The average molecular weight is 411 g/mol. The van der Waals surface area contributed by atoms with Crippen LogP contribution in [0.3, 0.4) is 0 Å². The van der Waals surface area contributed by atoms with E-state index >= 15 is 0 Å². The van der Waals surface area contributed by atoms with Crippen molar-refractivity contribution in [2.75, 3.05) is 7.05 Å². The standard InChI is InChI=1S/C25H21N3O3/c1-28(17-23-26-22-13-6-5-12-21(22)25(30)27-23)24(29)15-14-18-8-7-11-20(16-18)31-19-9-3-2-4-10-19/h2-16H,17H2,1H3,(H,26,27,30). The molecule has 1 amide bonds. The number of fused-ring (bicyclic) bond motifs is 1. The van der Waals surface area contributed by atoms with E-state index in [4.69, 9.17) is 4.74 Å². The van der Waals surface area contributed by atoms with E-state index in [2.05, 4.69) is 9.97 Å². The molecule has 4 rings (SSSR count). The smallest absolute Gasteiger partial charge is 0.258 e. The summed E-state index contributed by atoms with van der Waals surface area (Å²) in [6.07, 6.45) is 3.22. The number of para-hydroxylation sites is 2. The zero-order chi connectivity index (χ0) is 21.6. The van der Waals surface area contributed by atoms with Crippen molar-refractivity contribution < 1.29 is 9.53 Å². The third kappa shape index (κ3) is 5.05. The summed E-state index contributed by atoms with van der Waals surface area (Å²) >= 11 is 0. The van der Waals surface area contributed by atoms with Crippen molar-refractivity contribution >= 4 is 22.9 Å². The first-order valence-electron chi connectivity index (χ1n) is 9.82. The van der Waals surface area contributed by atoms with Crippen molar-refractivity contribution in [3.8, 4) is 11.5 Å². The Morgan fingerprint density at radius 2 is 1.74 bits per heavy atom. The first-order chi connectivity index (χ1) is 15.1. The summed E-state index contributed by atoms with van der Waals surface area (Å²) in [4.78, 5) is 33.4. The van der Waals surface area contributed by atoms with Crippen LogP contribution in [0.25, 0.3) is 17.0 Å². The molecule has 0 unspecified atom stereocenters. The average Bonchev–Trinajstić information content (AvgIpc) is 2.78. The molecule has 0 bridgehead atoms. The maximum Gasteiger partial charge on any atom is 0.258 e. The lowest BCUT2D eigenvalue weighted by Gasteiger charge is -2.14. The van der Waals surface area contributed by atoms with Crippen LogP contribution in [0.15, 0.2) is 89.7 Å². The molecule has 0 aliphatic carbocycles. The summed E-state index contributed by atoms with van der Waals surface area (Å²) in [6, 6.07) is 24.1. The van der Waals surface area contributed by atoms with Gasteiger partial charge in [-0.25, -0.2) is 4.98 Å². The number of carbonyl (C=O) groups is 1. The molecule has 0 saturated heterocycles. The lowest BCUT2D eigenvalue weighted by Crippen LogP contribution is -2.26. The Labute approximate surface area is 179 Å². The zero-order valence-corrected chi connectivity index (χ0v) is 17.0. The largest absolute Gasteiger partial charge is 0.457 e. The van der Waals surface area contributed by atoms with Crippen molar-refractivity contribution in [3.63, 3.8) is 0 Å². The van der Waals surface area contributed by atoms with Crippen LogP contribution >= 0.6 is 0 Å². The summed E-state index contributed by atoms with van der Waals surface area (Å²) in [5.74, 6) is 1.67. The highest BCUT2D eigenvalue weighted by atomic mass is 16.5. The molecule has 1 aromatic heterocycles. The van der Waals surface area contributed by atoms with E-state index in [-0.39, 0.29) is 18.0 Å². The van der Waals surface area contributed by atoms with E-state index in [0.717, 1.165) is 11.3 Å². The molecule has 154 valence electrons. The fourth-order valence-corrected chi connectivity index (χ4v) is 3.11. The van der Waals surface area contributed by atoms with E-state index in [1.165, 1.54) is 11.0 Å². The lowest BCUT2D eigenvalue weighted by atomic mass is 10.2. The highest BCUT2D eigenvalue weighted by Gasteiger charge is 2.09. The second kappa shape index (κ2) is 9.09. The van der Waals surface area contributed by atoms with Gasteiger partial charge in [-0.2, -0.15) is 0 Å². The van der Waals surface area contributed by atoms with Gasteiger partial charge < -0.3 is 14.6 Å². The molecule has 1 heterocycles. The maximum atomic E-state index is 12.5. The number of benzene rings is 3. The third-order valence-electron chi connectivity index (χ3n) is 4.68. The SMILES string of the molecule is CN(Cc1nc2ccccc2c(=O)[nH]1)C(=O)C=Cc1cccc(Oc2ccccc2)c1. The van der Waals surface area contributed by atoms with E-state index < -0.39 is 0 Å². The minimum Gasteiger partial charge on any atom is -0.457 e. The second-order valence-corrected chi connectivity index (χ2v) is 7.05. The second-order valence-electron chi connectivity index (χ2n) is 7.05. The van der Waals surface area contributed by atoms with Crippen LogP contribution in [0.5, 0.6) is 11.5 Å². The van der Waals surface area contributed by atoms with Gasteiger partial charge in [0.2, 0.25) is 5.91 Å². The summed E-state index contributed by atoms with van der Waals surface area (Å²) < 4.78 is 5.83. The first-order valence-corrected chi connectivity index (χ1v) is 9.82. The number of hydrogen-bond donors (Lipinski definition) is 1. The Balaban J connectivity index is 1.43. The maximum absolute atomic E-state index is 12.5. The number of hydrogen-bond acceptors (Lipinski definition) is 4. The molecule has 0 aliphatic heterocycles. The third-order valence-corrected chi connectivity index (χ3v) is 4.68. The Morgan fingerprint density at radius 1 is 1.00 bits per heavy atom. The molecule has 0 aliphatic rings. The first kappa shape index (κ1) is 20.1. The van der Waals surface area contributed by atoms with Crippen molar-refractivity contribution in [2.45, 2.75) is 6.54 Å². The zero-order valence-electron chi connectivity index (χ0n) is 17.0. The molecule has 0 fully saturated rings. The Morgan fingerprint density at radius 3 is 2.58 bits per heavy atom. The molecule has 6 heteroatoms. The predicted octanol–water partition coefficient (Wildman–Crippen LogP) is 4.39. The molecular weight excluding hydrogens is 390 g/mol. The number of ether oxygens (including phenoxy) is 1. The van der Waals surface area contributed by atoms with Crippen molar-refractivity contribution in [2.24, 2.45) is 0 Å². The quantitative estimate of drug-likeness (QED) is 0.478. The fraction of sp³-hybridized carbons (Fsp3) is 0.0800. The minimum atomic E-state index is -0.216. The number of amides is 1. The number of rotatable bonds is 6. The van der Waals surface area contributed by atoms with Crippen molar-refractivity contribution in [1.82, 2.24) is 14.9 Å². The van der Waals surface area contributed by atoms with Crippen LogP contribution in [0, 0.1) is 0 Å². The molecule has 0 spiro atoms. The number of H-pyrrole nitrogens is 1. The van der Waals surface area contributed by atoms with Crippen molar-refractivity contribution in [3.05, 3.63) is 107 Å². The van der Waals surface area contributed by atoms with Gasteiger partial charge >= 0.3 is 0 Å². The highest BCUT2D eigenvalue weighted by Crippen LogP contribution is 2.22.